The van der Waals surface area contributed by atoms with Crippen molar-refractivity contribution in [1.82, 2.24) is 10.3 Å². The van der Waals surface area contributed by atoms with Crippen molar-refractivity contribution in [3.8, 4) is 5.75 Å². The van der Waals surface area contributed by atoms with Gasteiger partial charge in [-0.2, -0.15) is 0 Å². The summed E-state index contributed by atoms with van der Waals surface area (Å²) < 4.78 is 5.82. The maximum atomic E-state index is 12.1. The van der Waals surface area contributed by atoms with Crippen molar-refractivity contribution in [1.29, 1.82) is 0 Å². The average Bonchev–Trinajstić information content (AvgIpc) is 2.67. The molecule has 1 amide bonds. The number of aromatic nitrogens is 1. The van der Waals surface area contributed by atoms with Crippen LogP contribution in [0.2, 0.25) is 0 Å². The molecule has 1 aromatic heterocycles. The molecule has 0 unspecified atom stereocenters. The molecule has 2 aromatic carbocycles. The maximum absolute atomic E-state index is 12.1. The van der Waals surface area contributed by atoms with Gasteiger partial charge >= 0.3 is 0 Å². The number of ether oxygens (including phenoxy) is 1. The Morgan fingerprint density at radius 3 is 2.68 bits per heavy atom. The molecule has 0 aliphatic carbocycles. The topological polar surface area (TPSA) is 51.2 Å². The zero-order valence-corrected chi connectivity index (χ0v) is 14.4. The van der Waals surface area contributed by atoms with Crippen molar-refractivity contribution in [3.63, 3.8) is 0 Å². The van der Waals surface area contributed by atoms with Crippen LogP contribution in [-0.2, 0) is 6.42 Å². The van der Waals surface area contributed by atoms with E-state index in [9.17, 15) is 4.79 Å². The second-order valence-electron chi connectivity index (χ2n) is 5.84. The standard InChI is InChI=1S/C21H22N2O2/c1-2-16-9-11-18(12-10-16)21(24)23-14-5-15-25-19-8-3-6-17-7-4-13-22-20(17)19/h3-4,6-13H,2,5,14-15H2,1H3,(H,23,24). The Morgan fingerprint density at radius 2 is 1.88 bits per heavy atom. The van der Waals surface area contributed by atoms with E-state index in [4.69, 9.17) is 4.74 Å². The lowest BCUT2D eigenvalue weighted by Crippen LogP contribution is -2.25. The number of rotatable bonds is 7. The van der Waals surface area contributed by atoms with E-state index < -0.39 is 0 Å². The van der Waals surface area contributed by atoms with Crippen LogP contribution in [0.4, 0.5) is 0 Å². The third-order valence-corrected chi connectivity index (χ3v) is 4.08. The third-order valence-electron chi connectivity index (χ3n) is 4.08. The van der Waals surface area contributed by atoms with Crippen molar-refractivity contribution in [3.05, 3.63) is 71.9 Å². The van der Waals surface area contributed by atoms with Crippen molar-refractivity contribution in [2.75, 3.05) is 13.2 Å². The molecule has 0 saturated carbocycles. The summed E-state index contributed by atoms with van der Waals surface area (Å²) in [4.78, 5) is 16.5. The van der Waals surface area contributed by atoms with E-state index in [0.29, 0.717) is 18.7 Å². The molecule has 0 atom stereocenters. The highest BCUT2D eigenvalue weighted by Crippen LogP contribution is 2.22. The van der Waals surface area contributed by atoms with E-state index in [1.807, 2.05) is 54.6 Å². The van der Waals surface area contributed by atoms with Crippen molar-refractivity contribution in [2.24, 2.45) is 0 Å². The van der Waals surface area contributed by atoms with Crippen LogP contribution in [0.3, 0.4) is 0 Å². The molecule has 0 bridgehead atoms. The highest BCUT2D eigenvalue weighted by Gasteiger charge is 2.05. The van der Waals surface area contributed by atoms with Gasteiger partial charge in [-0.15, -0.1) is 0 Å². The average molecular weight is 334 g/mol. The first-order chi connectivity index (χ1) is 12.3. The maximum Gasteiger partial charge on any atom is 0.251 e. The summed E-state index contributed by atoms with van der Waals surface area (Å²) in [5.74, 6) is 0.731. The summed E-state index contributed by atoms with van der Waals surface area (Å²) in [6, 6.07) is 17.5. The van der Waals surface area contributed by atoms with Gasteiger partial charge in [0.25, 0.3) is 5.91 Å². The van der Waals surface area contributed by atoms with Gasteiger partial charge in [0.2, 0.25) is 0 Å². The molecule has 1 N–H and O–H groups in total. The quantitative estimate of drug-likeness (QED) is 0.665. The molecule has 128 valence electrons. The van der Waals surface area contributed by atoms with Crippen LogP contribution in [0.15, 0.2) is 60.8 Å². The largest absolute Gasteiger partial charge is 0.491 e. The van der Waals surface area contributed by atoms with Crippen molar-refractivity contribution in [2.45, 2.75) is 19.8 Å². The molecule has 3 rings (SSSR count). The number of amides is 1. The van der Waals surface area contributed by atoms with Gasteiger partial charge in [0.15, 0.2) is 0 Å². The fourth-order valence-corrected chi connectivity index (χ4v) is 2.64. The predicted octanol–water partition coefficient (Wildman–Crippen LogP) is 4.00. The lowest BCUT2D eigenvalue weighted by Gasteiger charge is -2.09. The van der Waals surface area contributed by atoms with E-state index >= 15 is 0 Å². The second-order valence-corrected chi connectivity index (χ2v) is 5.84. The van der Waals surface area contributed by atoms with E-state index in [2.05, 4.69) is 17.2 Å². The van der Waals surface area contributed by atoms with Gasteiger partial charge in [0, 0.05) is 23.7 Å². The molecule has 4 heteroatoms. The normalized spacial score (nSPS) is 10.6. The number of carbonyl (C=O) groups is 1. The molecule has 0 fully saturated rings. The second kappa shape index (κ2) is 8.29. The summed E-state index contributed by atoms with van der Waals surface area (Å²) in [5.41, 5.74) is 2.79. The SMILES string of the molecule is CCc1ccc(C(=O)NCCCOc2cccc3cccnc23)cc1. The van der Waals surface area contributed by atoms with Crippen molar-refractivity contribution >= 4 is 16.8 Å². The van der Waals surface area contributed by atoms with E-state index in [-0.39, 0.29) is 5.91 Å². The van der Waals surface area contributed by atoms with Crippen LogP contribution in [0.25, 0.3) is 10.9 Å². The Balaban J connectivity index is 1.46. The van der Waals surface area contributed by atoms with Gasteiger partial charge in [-0.3, -0.25) is 9.78 Å². The smallest absolute Gasteiger partial charge is 0.251 e. The lowest BCUT2D eigenvalue weighted by molar-refractivity contribution is 0.0951. The van der Waals surface area contributed by atoms with Crippen LogP contribution in [0.1, 0.15) is 29.3 Å². The molecule has 25 heavy (non-hydrogen) atoms. The van der Waals surface area contributed by atoms with Gasteiger partial charge in [0.05, 0.1) is 6.61 Å². The fraction of sp³-hybridized carbons (Fsp3) is 0.238. The molecular weight excluding hydrogens is 312 g/mol. The van der Waals surface area contributed by atoms with Gasteiger partial charge in [-0.25, -0.2) is 0 Å². The molecule has 4 nitrogen and oxygen atoms in total. The molecule has 0 aliphatic rings. The zero-order chi connectivity index (χ0) is 17.5. The fourth-order valence-electron chi connectivity index (χ4n) is 2.64. The highest BCUT2D eigenvalue weighted by atomic mass is 16.5. The summed E-state index contributed by atoms with van der Waals surface area (Å²) in [7, 11) is 0. The summed E-state index contributed by atoms with van der Waals surface area (Å²) in [5, 5.41) is 3.98. The van der Waals surface area contributed by atoms with Gasteiger partial charge < -0.3 is 10.1 Å². The highest BCUT2D eigenvalue weighted by molar-refractivity contribution is 5.94. The Morgan fingerprint density at radius 1 is 1.08 bits per heavy atom. The number of nitrogens with one attached hydrogen (secondary N) is 1. The van der Waals surface area contributed by atoms with E-state index in [1.165, 1.54) is 5.56 Å². The molecule has 0 aliphatic heterocycles. The van der Waals surface area contributed by atoms with E-state index in [0.717, 1.165) is 29.5 Å². The van der Waals surface area contributed by atoms with Crippen LogP contribution >= 0.6 is 0 Å². The number of pyridine rings is 1. The number of hydrogen-bond donors (Lipinski definition) is 1. The summed E-state index contributed by atoms with van der Waals surface area (Å²) in [6.45, 7) is 3.21. The zero-order valence-electron chi connectivity index (χ0n) is 14.4. The molecule has 0 saturated heterocycles. The molecule has 0 spiro atoms. The van der Waals surface area contributed by atoms with Crippen LogP contribution in [-0.4, -0.2) is 24.0 Å². The van der Waals surface area contributed by atoms with Gasteiger partial charge in [-0.05, 0) is 42.7 Å². The molecular formula is C21H22N2O2. The summed E-state index contributed by atoms with van der Waals surface area (Å²) in [6.07, 6.45) is 3.48. The minimum atomic E-state index is -0.0468. The first-order valence-electron chi connectivity index (χ1n) is 8.61. The van der Waals surface area contributed by atoms with Crippen LogP contribution < -0.4 is 10.1 Å². The van der Waals surface area contributed by atoms with E-state index in [1.54, 1.807) is 6.20 Å². The first kappa shape index (κ1) is 17.0. The number of para-hydroxylation sites is 1. The Bertz CT molecular complexity index is 839. The third kappa shape index (κ3) is 4.35. The molecule has 1 heterocycles. The van der Waals surface area contributed by atoms with Crippen molar-refractivity contribution < 1.29 is 9.53 Å². The first-order valence-corrected chi connectivity index (χ1v) is 8.61. The Kier molecular flexibility index (Phi) is 5.62. The minimum Gasteiger partial charge on any atom is -0.491 e. The Labute approximate surface area is 147 Å². The predicted molar refractivity (Wildman–Crippen MR) is 100 cm³/mol. The number of aryl methyl sites for hydroxylation is 1. The number of nitrogens with zero attached hydrogens (tertiary/aromatic N) is 1. The van der Waals surface area contributed by atoms with Crippen LogP contribution in [0.5, 0.6) is 5.75 Å². The Hall–Kier alpha value is -2.88. The van der Waals surface area contributed by atoms with Gasteiger partial charge in [0.1, 0.15) is 11.3 Å². The molecule has 3 aromatic rings. The summed E-state index contributed by atoms with van der Waals surface area (Å²) >= 11 is 0. The van der Waals surface area contributed by atoms with Crippen LogP contribution in [0, 0.1) is 0 Å². The number of carbonyl (C=O) groups excluding carboxylic acids is 1. The molecule has 0 radical (unpaired) electrons. The lowest BCUT2D eigenvalue weighted by atomic mass is 10.1. The monoisotopic (exact) mass is 334 g/mol. The number of hydrogen-bond acceptors (Lipinski definition) is 3. The van der Waals surface area contributed by atoms with Gasteiger partial charge in [-0.1, -0.05) is 37.3 Å². The number of benzene rings is 2. The number of fused-ring (bicyclic) bond motifs is 1. The minimum absolute atomic E-state index is 0.0468.